The van der Waals surface area contributed by atoms with Crippen LogP contribution in [-0.4, -0.2) is 58.2 Å². The van der Waals surface area contributed by atoms with Crippen molar-refractivity contribution < 1.29 is 9.90 Å². The molecule has 0 aromatic carbocycles. The summed E-state index contributed by atoms with van der Waals surface area (Å²) in [5.41, 5.74) is 0.0400. The van der Waals surface area contributed by atoms with Crippen molar-refractivity contribution in [1.29, 1.82) is 0 Å². The lowest BCUT2D eigenvalue weighted by molar-refractivity contribution is -0.139. The molecule has 2 aromatic heterocycles. The van der Waals surface area contributed by atoms with Crippen LogP contribution in [0.25, 0.3) is 10.2 Å². The minimum atomic E-state index is -0.404. The van der Waals surface area contributed by atoms with Crippen molar-refractivity contribution in [2.24, 2.45) is 5.41 Å². The lowest BCUT2D eigenvalue weighted by Crippen LogP contribution is -2.55. The molecule has 1 N–H and O–H groups in total. The summed E-state index contributed by atoms with van der Waals surface area (Å²) in [7, 11) is 0. The molecule has 26 heavy (non-hydrogen) atoms. The molecule has 2 saturated heterocycles. The van der Waals surface area contributed by atoms with Gasteiger partial charge in [0.05, 0.1) is 11.5 Å². The van der Waals surface area contributed by atoms with Gasteiger partial charge in [-0.1, -0.05) is 6.92 Å². The van der Waals surface area contributed by atoms with Gasteiger partial charge in [0.1, 0.15) is 17.0 Å². The van der Waals surface area contributed by atoms with Crippen LogP contribution in [0.1, 0.15) is 39.0 Å². The van der Waals surface area contributed by atoms with E-state index in [2.05, 4.69) is 26.3 Å². The molecule has 2 fully saturated rings. The van der Waals surface area contributed by atoms with E-state index in [1.165, 1.54) is 0 Å². The summed E-state index contributed by atoms with van der Waals surface area (Å²) >= 11 is 1.64. The number of anilines is 1. The lowest BCUT2D eigenvalue weighted by atomic mass is 9.71. The van der Waals surface area contributed by atoms with Gasteiger partial charge in [0.25, 0.3) is 0 Å². The second-order valence-electron chi connectivity index (χ2n) is 7.71. The maximum Gasteiger partial charge on any atom is 0.222 e. The molecule has 0 radical (unpaired) electrons. The number of hydrogen-bond acceptors (Lipinski definition) is 6. The van der Waals surface area contributed by atoms with Crippen molar-refractivity contribution in [3.8, 4) is 0 Å². The van der Waals surface area contributed by atoms with Crippen molar-refractivity contribution in [3.05, 3.63) is 17.8 Å². The van der Waals surface area contributed by atoms with Crippen LogP contribution in [-0.2, 0) is 4.79 Å². The Kier molecular flexibility index (Phi) is 4.84. The standard InChI is InChI=1S/C19H26N4O2S/c1-2-3-16(25)23-11-14(24)10-19(12-23)5-7-22(8-6-19)17-15-4-9-26-18(15)21-13-20-17/h4,9,13-14,24H,2-3,5-8,10-12H2,1H3. The van der Waals surface area contributed by atoms with Crippen LogP contribution in [0.2, 0.25) is 0 Å². The number of β-amino-alcohol motifs (C(OH)–C–C–N with tert-alkyl or cyclic N) is 1. The fourth-order valence-electron chi connectivity index (χ4n) is 4.50. The zero-order chi connectivity index (χ0) is 18.1. The Morgan fingerprint density at radius 2 is 2.19 bits per heavy atom. The molecule has 7 heteroatoms. The number of carbonyl (C=O) groups is 1. The second-order valence-corrected chi connectivity index (χ2v) is 8.60. The minimum Gasteiger partial charge on any atom is -0.391 e. The highest BCUT2D eigenvalue weighted by Gasteiger charge is 2.43. The van der Waals surface area contributed by atoms with Gasteiger partial charge in [-0.05, 0) is 42.5 Å². The zero-order valence-corrected chi connectivity index (χ0v) is 16.0. The molecule has 2 aliphatic heterocycles. The topological polar surface area (TPSA) is 69.6 Å². The van der Waals surface area contributed by atoms with E-state index in [0.717, 1.165) is 61.4 Å². The van der Waals surface area contributed by atoms with E-state index in [1.54, 1.807) is 17.7 Å². The largest absolute Gasteiger partial charge is 0.391 e. The first kappa shape index (κ1) is 17.7. The first-order valence-corrected chi connectivity index (χ1v) is 10.4. The average molecular weight is 375 g/mol. The number of piperidine rings is 2. The first-order valence-electron chi connectivity index (χ1n) is 9.49. The van der Waals surface area contributed by atoms with E-state index in [-0.39, 0.29) is 11.3 Å². The number of aliphatic hydroxyl groups is 1. The molecule has 1 amide bonds. The molecule has 4 heterocycles. The second kappa shape index (κ2) is 7.12. The quantitative estimate of drug-likeness (QED) is 0.894. The summed E-state index contributed by atoms with van der Waals surface area (Å²) in [6.45, 7) is 5.12. The number of amides is 1. The summed E-state index contributed by atoms with van der Waals surface area (Å²) in [5, 5.41) is 13.6. The third kappa shape index (κ3) is 3.30. The Labute approximate surface area is 157 Å². The molecule has 1 unspecified atom stereocenters. The van der Waals surface area contributed by atoms with E-state index in [1.807, 2.05) is 11.8 Å². The van der Waals surface area contributed by atoms with Crippen molar-refractivity contribution in [1.82, 2.24) is 14.9 Å². The van der Waals surface area contributed by atoms with Gasteiger partial charge < -0.3 is 14.9 Å². The highest BCUT2D eigenvalue weighted by Crippen LogP contribution is 2.41. The summed E-state index contributed by atoms with van der Waals surface area (Å²) in [6, 6.07) is 2.09. The van der Waals surface area contributed by atoms with Gasteiger partial charge in [0, 0.05) is 32.6 Å². The number of hydrogen-bond donors (Lipinski definition) is 1. The molecule has 6 nitrogen and oxygen atoms in total. The number of carbonyl (C=O) groups excluding carboxylic acids is 1. The molecular weight excluding hydrogens is 348 g/mol. The molecule has 2 aromatic rings. The summed E-state index contributed by atoms with van der Waals surface area (Å²) in [4.78, 5) is 26.5. The molecule has 0 aliphatic carbocycles. The van der Waals surface area contributed by atoms with E-state index in [9.17, 15) is 9.90 Å². The van der Waals surface area contributed by atoms with Crippen molar-refractivity contribution >= 4 is 33.3 Å². The van der Waals surface area contributed by atoms with E-state index in [0.29, 0.717) is 13.0 Å². The molecular formula is C19H26N4O2S. The van der Waals surface area contributed by atoms with Crippen LogP contribution in [0, 0.1) is 5.41 Å². The maximum atomic E-state index is 12.4. The molecule has 140 valence electrons. The van der Waals surface area contributed by atoms with Crippen LogP contribution >= 0.6 is 11.3 Å². The summed E-state index contributed by atoms with van der Waals surface area (Å²) < 4.78 is 0. The number of thiophene rings is 1. The SMILES string of the molecule is CCCC(=O)N1CC(O)CC2(CCN(c3ncnc4sccc34)CC2)C1. The summed E-state index contributed by atoms with van der Waals surface area (Å²) in [5.74, 6) is 1.20. The molecule has 4 rings (SSSR count). The van der Waals surface area contributed by atoms with Gasteiger partial charge in [-0.3, -0.25) is 4.79 Å². The lowest BCUT2D eigenvalue weighted by Gasteiger charge is -2.49. The molecule has 1 spiro atoms. The Morgan fingerprint density at radius 1 is 1.38 bits per heavy atom. The van der Waals surface area contributed by atoms with E-state index < -0.39 is 6.10 Å². The van der Waals surface area contributed by atoms with Gasteiger partial charge in [0.2, 0.25) is 5.91 Å². The Bertz CT molecular complexity index is 785. The smallest absolute Gasteiger partial charge is 0.222 e. The number of nitrogens with zero attached hydrogens (tertiary/aromatic N) is 4. The van der Waals surface area contributed by atoms with E-state index in [4.69, 9.17) is 0 Å². The zero-order valence-electron chi connectivity index (χ0n) is 15.2. The molecule has 0 saturated carbocycles. The fourth-order valence-corrected chi connectivity index (χ4v) is 5.23. The number of aliphatic hydroxyl groups excluding tert-OH is 1. The third-order valence-electron chi connectivity index (χ3n) is 5.81. The summed E-state index contributed by atoms with van der Waals surface area (Å²) in [6.07, 6.45) is 5.44. The maximum absolute atomic E-state index is 12.4. The molecule has 1 atom stereocenters. The van der Waals surface area contributed by atoms with Gasteiger partial charge in [-0.15, -0.1) is 11.3 Å². The first-order chi connectivity index (χ1) is 12.6. The molecule has 0 bridgehead atoms. The Balaban J connectivity index is 1.48. The predicted molar refractivity (Wildman–Crippen MR) is 103 cm³/mol. The van der Waals surface area contributed by atoms with Gasteiger partial charge >= 0.3 is 0 Å². The normalized spacial score (nSPS) is 22.9. The average Bonchev–Trinajstić information content (AvgIpc) is 3.11. The van der Waals surface area contributed by atoms with Crippen molar-refractivity contribution in [2.75, 3.05) is 31.1 Å². The monoisotopic (exact) mass is 374 g/mol. The highest BCUT2D eigenvalue weighted by atomic mass is 32.1. The number of aromatic nitrogens is 2. The highest BCUT2D eigenvalue weighted by molar-refractivity contribution is 7.16. The van der Waals surface area contributed by atoms with Gasteiger partial charge in [-0.25, -0.2) is 9.97 Å². The number of likely N-dealkylation sites (tertiary alicyclic amines) is 1. The van der Waals surface area contributed by atoms with Crippen molar-refractivity contribution in [2.45, 2.75) is 45.1 Å². The van der Waals surface area contributed by atoms with Crippen LogP contribution in [0.5, 0.6) is 0 Å². The van der Waals surface area contributed by atoms with Crippen LogP contribution in [0.3, 0.4) is 0 Å². The minimum absolute atomic E-state index is 0.0400. The fraction of sp³-hybridized carbons (Fsp3) is 0.632. The van der Waals surface area contributed by atoms with E-state index >= 15 is 0 Å². The Hall–Kier alpha value is -1.73. The van der Waals surface area contributed by atoms with Crippen LogP contribution in [0.4, 0.5) is 5.82 Å². The van der Waals surface area contributed by atoms with Crippen LogP contribution in [0.15, 0.2) is 17.8 Å². The van der Waals surface area contributed by atoms with Gasteiger partial charge in [0.15, 0.2) is 0 Å². The third-order valence-corrected chi connectivity index (χ3v) is 6.63. The Morgan fingerprint density at radius 3 is 2.96 bits per heavy atom. The number of rotatable bonds is 3. The van der Waals surface area contributed by atoms with Crippen LogP contribution < -0.4 is 4.90 Å². The molecule has 2 aliphatic rings. The van der Waals surface area contributed by atoms with Crippen molar-refractivity contribution in [3.63, 3.8) is 0 Å². The predicted octanol–water partition coefficient (Wildman–Crippen LogP) is 2.67. The van der Waals surface area contributed by atoms with Gasteiger partial charge in [-0.2, -0.15) is 0 Å². The number of fused-ring (bicyclic) bond motifs is 1.